The number of hydrogen-bond acceptors (Lipinski definition) is 5. The molecule has 0 aliphatic carbocycles. The maximum atomic E-state index is 12.2. The lowest BCUT2D eigenvalue weighted by Gasteiger charge is -2.08. The first-order valence-corrected chi connectivity index (χ1v) is 6.49. The van der Waals surface area contributed by atoms with E-state index in [1.807, 2.05) is 0 Å². The summed E-state index contributed by atoms with van der Waals surface area (Å²) in [7, 11) is 2.78. The molecule has 2 aromatic rings. The van der Waals surface area contributed by atoms with E-state index in [4.69, 9.17) is 9.47 Å². The normalized spacial score (nSPS) is 9.91. The average Bonchev–Trinajstić information content (AvgIpc) is 2.59. The second kappa shape index (κ2) is 6.67. The van der Waals surface area contributed by atoms with Crippen LogP contribution in [-0.4, -0.2) is 31.6 Å². The van der Waals surface area contributed by atoms with E-state index < -0.39 is 17.3 Å². The zero-order valence-electron chi connectivity index (χ0n) is 12.2. The van der Waals surface area contributed by atoms with Crippen molar-refractivity contribution in [2.45, 2.75) is 0 Å². The Morgan fingerprint density at radius 3 is 1.41 bits per heavy atom. The Labute approximate surface area is 127 Å². The molecule has 0 fully saturated rings. The highest BCUT2D eigenvalue weighted by Crippen LogP contribution is 2.21. The van der Waals surface area contributed by atoms with Crippen molar-refractivity contribution in [3.05, 3.63) is 59.7 Å². The summed E-state index contributed by atoms with van der Waals surface area (Å²) in [6.45, 7) is 0. The Morgan fingerprint density at radius 1 is 0.682 bits per heavy atom. The third-order valence-corrected chi connectivity index (χ3v) is 3.12. The zero-order chi connectivity index (χ0) is 16.1. The van der Waals surface area contributed by atoms with Gasteiger partial charge in [-0.25, -0.2) is 0 Å². The molecule has 0 saturated carbocycles. The van der Waals surface area contributed by atoms with Gasteiger partial charge in [0.05, 0.1) is 25.3 Å². The van der Waals surface area contributed by atoms with Crippen LogP contribution in [0.2, 0.25) is 0 Å². The lowest BCUT2D eigenvalue weighted by atomic mass is 9.99. The monoisotopic (exact) mass is 298 g/mol. The van der Waals surface area contributed by atoms with E-state index in [9.17, 15) is 14.4 Å². The van der Waals surface area contributed by atoms with Crippen LogP contribution >= 0.6 is 0 Å². The van der Waals surface area contributed by atoms with E-state index in [-0.39, 0.29) is 22.6 Å². The molecule has 112 valence electrons. The Morgan fingerprint density at radius 2 is 1.05 bits per heavy atom. The van der Waals surface area contributed by atoms with Crippen LogP contribution < -0.4 is 9.47 Å². The Balaban J connectivity index is 2.35. The zero-order valence-corrected chi connectivity index (χ0v) is 12.2. The van der Waals surface area contributed by atoms with Crippen LogP contribution in [0.25, 0.3) is 0 Å². The van der Waals surface area contributed by atoms with E-state index in [0.717, 1.165) is 0 Å². The van der Waals surface area contributed by atoms with E-state index in [2.05, 4.69) is 0 Å². The van der Waals surface area contributed by atoms with Gasteiger partial charge in [0.25, 0.3) is 5.78 Å². The molecule has 2 aromatic carbocycles. The van der Waals surface area contributed by atoms with Crippen LogP contribution in [-0.2, 0) is 4.79 Å². The van der Waals surface area contributed by atoms with Gasteiger partial charge in [0.1, 0.15) is 11.5 Å². The predicted molar refractivity (Wildman–Crippen MR) is 79.7 cm³/mol. The number of benzene rings is 2. The minimum absolute atomic E-state index is 0.0539. The van der Waals surface area contributed by atoms with Crippen molar-refractivity contribution >= 4 is 17.3 Å². The Hall–Kier alpha value is -2.95. The van der Waals surface area contributed by atoms with Crippen LogP contribution in [0.5, 0.6) is 11.5 Å². The summed E-state index contributed by atoms with van der Waals surface area (Å²) < 4.78 is 10.1. The summed E-state index contributed by atoms with van der Waals surface area (Å²) in [5.74, 6) is -2.46. The standard InChI is InChI=1S/C17H14O5/c1-21-13-9-5-3-7-11(13)15(18)17(20)16(19)12-8-4-6-10-14(12)22-2/h3-10H,1-2H3. The van der Waals surface area contributed by atoms with E-state index in [1.54, 1.807) is 36.4 Å². The van der Waals surface area contributed by atoms with E-state index in [0.29, 0.717) is 0 Å². The molecule has 0 aliphatic rings. The number of rotatable bonds is 6. The molecule has 5 heteroatoms. The SMILES string of the molecule is COc1ccccc1C(=O)C(=O)C(=O)c1ccccc1OC. The topological polar surface area (TPSA) is 69.7 Å². The lowest BCUT2D eigenvalue weighted by molar-refractivity contribution is -0.111. The predicted octanol–water partition coefficient (Wildman–Crippen LogP) is 2.34. The maximum absolute atomic E-state index is 12.2. The van der Waals surface area contributed by atoms with Crippen LogP contribution in [0.3, 0.4) is 0 Å². The molecular formula is C17H14O5. The first-order chi connectivity index (χ1) is 10.6. The quantitative estimate of drug-likeness (QED) is 0.465. The molecule has 0 bridgehead atoms. The van der Waals surface area contributed by atoms with E-state index >= 15 is 0 Å². The summed E-state index contributed by atoms with van der Waals surface area (Å²) in [6.07, 6.45) is 0. The molecule has 0 amide bonds. The molecule has 0 spiro atoms. The highest BCUT2D eigenvalue weighted by molar-refractivity contribution is 6.70. The number of Topliss-reactive ketones (excluding diaryl/α,β-unsaturated/α-hetero) is 3. The number of para-hydroxylation sites is 2. The van der Waals surface area contributed by atoms with E-state index in [1.165, 1.54) is 26.4 Å². The summed E-state index contributed by atoms with van der Waals surface area (Å²) >= 11 is 0. The molecule has 0 atom stereocenters. The van der Waals surface area contributed by atoms with Crippen molar-refractivity contribution in [3.63, 3.8) is 0 Å². The summed E-state index contributed by atoms with van der Waals surface area (Å²) in [4.78, 5) is 36.7. The van der Waals surface area contributed by atoms with Crippen LogP contribution in [0.15, 0.2) is 48.5 Å². The molecule has 0 N–H and O–H groups in total. The van der Waals surface area contributed by atoms with Crippen LogP contribution in [0.1, 0.15) is 20.7 Å². The summed E-state index contributed by atoms with van der Waals surface area (Å²) in [6, 6.07) is 12.5. The minimum atomic E-state index is -1.13. The minimum Gasteiger partial charge on any atom is -0.496 e. The van der Waals surface area contributed by atoms with Gasteiger partial charge in [-0.05, 0) is 24.3 Å². The van der Waals surface area contributed by atoms with Gasteiger partial charge in [0.15, 0.2) is 0 Å². The van der Waals surface area contributed by atoms with Crippen LogP contribution in [0.4, 0.5) is 0 Å². The van der Waals surface area contributed by atoms with Gasteiger partial charge in [-0.15, -0.1) is 0 Å². The molecule has 0 aromatic heterocycles. The fourth-order valence-electron chi connectivity index (χ4n) is 2.01. The molecule has 5 nitrogen and oxygen atoms in total. The van der Waals surface area contributed by atoms with Gasteiger partial charge in [0, 0.05) is 0 Å². The first kappa shape index (κ1) is 15.4. The smallest absolute Gasteiger partial charge is 0.274 e. The Kier molecular flexibility index (Phi) is 4.68. The number of ether oxygens (including phenoxy) is 2. The highest BCUT2D eigenvalue weighted by atomic mass is 16.5. The van der Waals surface area contributed by atoms with Crippen molar-refractivity contribution in [3.8, 4) is 11.5 Å². The third kappa shape index (κ3) is 2.88. The molecule has 2 rings (SSSR count). The van der Waals surface area contributed by atoms with Gasteiger partial charge < -0.3 is 9.47 Å². The van der Waals surface area contributed by atoms with Gasteiger partial charge in [-0.1, -0.05) is 24.3 Å². The van der Waals surface area contributed by atoms with Gasteiger partial charge >= 0.3 is 0 Å². The van der Waals surface area contributed by atoms with Gasteiger partial charge in [-0.3, -0.25) is 14.4 Å². The van der Waals surface area contributed by atoms with Crippen molar-refractivity contribution in [1.82, 2.24) is 0 Å². The van der Waals surface area contributed by atoms with Gasteiger partial charge in [0.2, 0.25) is 11.6 Å². The van der Waals surface area contributed by atoms with Gasteiger partial charge in [-0.2, -0.15) is 0 Å². The molecule has 0 unspecified atom stereocenters. The van der Waals surface area contributed by atoms with Crippen molar-refractivity contribution in [2.24, 2.45) is 0 Å². The molecule has 0 heterocycles. The maximum Gasteiger partial charge on any atom is 0.274 e. The molecule has 22 heavy (non-hydrogen) atoms. The Bertz CT molecular complexity index is 672. The molecule has 0 radical (unpaired) electrons. The second-order valence-electron chi connectivity index (χ2n) is 4.39. The number of carbonyl (C=O) groups excluding carboxylic acids is 3. The number of hydrogen-bond donors (Lipinski definition) is 0. The number of methoxy groups -OCH3 is 2. The largest absolute Gasteiger partial charge is 0.496 e. The second-order valence-corrected chi connectivity index (χ2v) is 4.39. The van der Waals surface area contributed by atoms with Crippen molar-refractivity contribution < 1.29 is 23.9 Å². The summed E-state index contributed by atoms with van der Waals surface area (Å²) in [5.41, 5.74) is 0.108. The van der Waals surface area contributed by atoms with Crippen molar-refractivity contribution in [2.75, 3.05) is 14.2 Å². The van der Waals surface area contributed by atoms with Crippen molar-refractivity contribution in [1.29, 1.82) is 0 Å². The third-order valence-electron chi connectivity index (χ3n) is 3.12. The number of ketones is 3. The highest BCUT2D eigenvalue weighted by Gasteiger charge is 2.29. The molecular weight excluding hydrogens is 284 g/mol. The summed E-state index contributed by atoms with van der Waals surface area (Å²) in [5, 5.41) is 0. The first-order valence-electron chi connectivity index (χ1n) is 6.49. The lowest BCUT2D eigenvalue weighted by Crippen LogP contribution is -2.25. The molecule has 0 aliphatic heterocycles. The fraction of sp³-hybridized carbons (Fsp3) is 0.118. The number of carbonyl (C=O) groups is 3. The fourth-order valence-corrected chi connectivity index (χ4v) is 2.01. The molecule has 0 saturated heterocycles. The average molecular weight is 298 g/mol. The van der Waals surface area contributed by atoms with Crippen LogP contribution in [0, 0.1) is 0 Å².